The van der Waals surface area contributed by atoms with Gasteiger partial charge in [-0.05, 0) is 36.2 Å². The number of halogens is 1. The second-order valence-electron chi connectivity index (χ2n) is 5.11. The first kappa shape index (κ1) is 15.4. The molecule has 3 rings (SSSR count). The molecule has 1 heterocycles. The summed E-state index contributed by atoms with van der Waals surface area (Å²) in [6, 6.07) is 13.2. The molecule has 115 valence electrons. The van der Waals surface area contributed by atoms with Crippen LogP contribution in [0.15, 0.2) is 53.1 Å². The van der Waals surface area contributed by atoms with Gasteiger partial charge in [-0.3, -0.25) is 10.1 Å². The van der Waals surface area contributed by atoms with E-state index in [1.165, 1.54) is 6.20 Å². The molecule has 1 aromatic heterocycles. The van der Waals surface area contributed by atoms with Crippen molar-refractivity contribution in [3.05, 3.63) is 81.3 Å². The van der Waals surface area contributed by atoms with Crippen LogP contribution in [0.4, 0.5) is 11.4 Å². The van der Waals surface area contributed by atoms with Crippen molar-refractivity contribution in [1.82, 2.24) is 4.98 Å². The smallest absolute Gasteiger partial charge is 0.311 e. The number of nitro groups is 1. The van der Waals surface area contributed by atoms with Crippen molar-refractivity contribution in [3.8, 4) is 0 Å². The van der Waals surface area contributed by atoms with Crippen molar-refractivity contribution in [2.75, 3.05) is 5.32 Å². The van der Waals surface area contributed by atoms with Crippen LogP contribution in [0.25, 0.3) is 10.9 Å². The van der Waals surface area contributed by atoms with Gasteiger partial charge in [0.05, 0.1) is 10.4 Å². The van der Waals surface area contributed by atoms with Crippen molar-refractivity contribution in [2.45, 2.75) is 6.54 Å². The Morgan fingerprint density at radius 1 is 1.22 bits per heavy atom. The summed E-state index contributed by atoms with van der Waals surface area (Å²) < 4.78 is 0.878. The van der Waals surface area contributed by atoms with E-state index in [4.69, 9.17) is 0 Å². The Morgan fingerprint density at radius 2 is 1.96 bits per heavy atom. The van der Waals surface area contributed by atoms with Crippen LogP contribution in [0.1, 0.15) is 11.1 Å². The lowest BCUT2D eigenvalue weighted by Crippen LogP contribution is -2.04. The summed E-state index contributed by atoms with van der Waals surface area (Å²) >= 11 is 3.39. The maximum atomic E-state index is 11.3. The highest BCUT2D eigenvalue weighted by atomic mass is 79.9. The summed E-state index contributed by atoms with van der Waals surface area (Å²) in [4.78, 5) is 15.0. The Kier molecular flexibility index (Phi) is 4.25. The van der Waals surface area contributed by atoms with E-state index in [2.05, 4.69) is 33.2 Å². The Balaban J connectivity index is 2.01. The fourth-order valence-corrected chi connectivity index (χ4v) is 2.68. The molecule has 0 amide bonds. The van der Waals surface area contributed by atoms with Crippen LogP contribution < -0.4 is 5.32 Å². The first-order chi connectivity index (χ1) is 11.0. The van der Waals surface area contributed by atoms with E-state index >= 15 is 0 Å². The van der Waals surface area contributed by atoms with Crippen molar-refractivity contribution in [3.63, 3.8) is 0 Å². The minimum absolute atomic E-state index is 0.0337. The largest absolute Gasteiger partial charge is 0.375 e. The van der Waals surface area contributed by atoms with Gasteiger partial charge in [0.2, 0.25) is 0 Å². The van der Waals surface area contributed by atoms with Crippen LogP contribution in [0.5, 0.6) is 0 Å². The van der Waals surface area contributed by atoms with Crippen molar-refractivity contribution in [1.29, 1.82) is 0 Å². The fraction of sp³-hybridized carbons (Fsp3) is 0.0588. The molecule has 5 nitrogen and oxygen atoms in total. The maximum Gasteiger partial charge on any atom is 0.311 e. The van der Waals surface area contributed by atoms with Gasteiger partial charge in [-0.25, -0.2) is 4.98 Å². The Labute approximate surface area is 141 Å². The highest BCUT2D eigenvalue weighted by molar-refractivity contribution is 9.10. The predicted molar refractivity (Wildman–Crippen MR) is 94.3 cm³/mol. The lowest BCUT2D eigenvalue weighted by atomic mass is 10.1. The van der Waals surface area contributed by atoms with Gasteiger partial charge in [0, 0.05) is 16.4 Å². The van der Waals surface area contributed by atoms with Gasteiger partial charge in [0.1, 0.15) is 11.9 Å². The Bertz CT molecular complexity index is 879. The van der Waals surface area contributed by atoms with Crippen LogP contribution >= 0.6 is 15.9 Å². The number of benzene rings is 2. The Morgan fingerprint density at radius 3 is 2.65 bits per heavy atom. The number of aromatic nitrogens is 1. The van der Waals surface area contributed by atoms with Crippen LogP contribution in [0, 0.1) is 17.0 Å². The molecule has 1 radical (unpaired) electrons. The second-order valence-corrected chi connectivity index (χ2v) is 6.02. The van der Waals surface area contributed by atoms with E-state index in [1.54, 1.807) is 0 Å². The molecule has 0 atom stereocenters. The highest BCUT2D eigenvalue weighted by Gasteiger charge is 2.18. The molecule has 6 heteroatoms. The van der Waals surface area contributed by atoms with Gasteiger partial charge < -0.3 is 5.32 Å². The zero-order valence-corrected chi connectivity index (χ0v) is 13.7. The fourth-order valence-electron chi connectivity index (χ4n) is 2.33. The zero-order valence-electron chi connectivity index (χ0n) is 12.1. The van der Waals surface area contributed by atoms with Crippen molar-refractivity contribution in [2.24, 2.45) is 0 Å². The molecule has 0 fully saturated rings. The highest BCUT2D eigenvalue weighted by Crippen LogP contribution is 2.33. The van der Waals surface area contributed by atoms with E-state index < -0.39 is 4.92 Å². The molecule has 0 saturated heterocycles. The van der Waals surface area contributed by atoms with E-state index in [-0.39, 0.29) is 5.69 Å². The summed E-state index contributed by atoms with van der Waals surface area (Å²) in [5.74, 6) is 0. The monoisotopic (exact) mass is 370 g/mol. The lowest BCUT2D eigenvalue weighted by molar-refractivity contribution is -0.384. The summed E-state index contributed by atoms with van der Waals surface area (Å²) in [6.45, 7) is 4.33. The average Bonchev–Trinajstić information content (AvgIpc) is 2.53. The number of fused-ring (bicyclic) bond motifs is 1. The lowest BCUT2D eigenvalue weighted by Gasteiger charge is -2.10. The average molecular weight is 371 g/mol. The molecule has 0 saturated carbocycles. The van der Waals surface area contributed by atoms with E-state index in [9.17, 15) is 10.1 Å². The Hall–Kier alpha value is -2.47. The number of hydrogen-bond donors (Lipinski definition) is 1. The molecule has 0 aliphatic heterocycles. The van der Waals surface area contributed by atoms with Gasteiger partial charge in [-0.15, -0.1) is 0 Å². The molecular weight excluding hydrogens is 358 g/mol. The summed E-state index contributed by atoms with van der Waals surface area (Å²) in [7, 11) is 0. The number of hydrogen-bond acceptors (Lipinski definition) is 4. The van der Waals surface area contributed by atoms with Crippen LogP contribution in [-0.4, -0.2) is 9.91 Å². The van der Waals surface area contributed by atoms with Crippen molar-refractivity contribution < 1.29 is 4.92 Å². The molecule has 23 heavy (non-hydrogen) atoms. The molecule has 3 aromatic rings. The van der Waals surface area contributed by atoms with Crippen LogP contribution in [0.3, 0.4) is 0 Å². The molecule has 0 spiro atoms. The summed E-state index contributed by atoms with van der Waals surface area (Å²) in [6.07, 6.45) is 1.29. The zero-order chi connectivity index (χ0) is 16.4. The van der Waals surface area contributed by atoms with Gasteiger partial charge in [-0.1, -0.05) is 40.2 Å². The molecule has 0 unspecified atom stereocenters. The molecule has 1 N–H and O–H groups in total. The number of rotatable bonds is 4. The van der Waals surface area contributed by atoms with Crippen LogP contribution in [0.2, 0.25) is 0 Å². The third-order valence-corrected chi connectivity index (χ3v) is 3.99. The number of nitrogens with one attached hydrogen (secondary N) is 1. The van der Waals surface area contributed by atoms with E-state index in [0.717, 1.165) is 21.0 Å². The topological polar surface area (TPSA) is 68.1 Å². The molecule has 0 aliphatic rings. The van der Waals surface area contributed by atoms with Gasteiger partial charge in [0.25, 0.3) is 0 Å². The number of anilines is 1. The van der Waals surface area contributed by atoms with Crippen LogP contribution in [-0.2, 0) is 6.54 Å². The molecular formula is C17H13BrN3O2. The summed E-state index contributed by atoms with van der Waals surface area (Å²) in [5.41, 5.74) is 3.09. The molecule has 2 aromatic carbocycles. The van der Waals surface area contributed by atoms with Gasteiger partial charge >= 0.3 is 5.69 Å². The third-order valence-electron chi connectivity index (χ3n) is 3.50. The summed E-state index contributed by atoms with van der Waals surface area (Å²) in [5, 5.41) is 15.2. The second kappa shape index (κ2) is 6.34. The van der Waals surface area contributed by atoms with Gasteiger partial charge in [0.15, 0.2) is 0 Å². The quantitative estimate of drug-likeness (QED) is 0.533. The third kappa shape index (κ3) is 3.32. The number of pyridine rings is 1. The van der Waals surface area contributed by atoms with E-state index in [1.807, 2.05) is 42.5 Å². The number of nitrogens with zero attached hydrogens (tertiary/aromatic N) is 2. The predicted octanol–water partition coefficient (Wildman–Crippen LogP) is 4.70. The minimum atomic E-state index is -0.421. The molecule has 0 aliphatic carbocycles. The normalized spacial score (nSPS) is 10.7. The molecule has 0 bridgehead atoms. The maximum absolute atomic E-state index is 11.3. The first-order valence-corrected chi connectivity index (χ1v) is 7.71. The first-order valence-electron chi connectivity index (χ1n) is 6.92. The SMILES string of the molecule is [CH2]c1ccc(CNc2c([N+](=O)[O-])cnc3cc(Br)ccc23)cc1. The standard InChI is InChI=1S/C17H13BrN3O2/c1-11-2-4-12(5-3-11)9-20-17-14-7-6-13(18)8-15(14)19-10-16(17)21(22)23/h2-8,10H,1,9H2,(H,19,20). The minimum Gasteiger partial charge on any atom is -0.375 e. The van der Waals surface area contributed by atoms with E-state index in [0.29, 0.717) is 17.7 Å². The van der Waals surface area contributed by atoms with Gasteiger partial charge in [-0.2, -0.15) is 0 Å². The van der Waals surface area contributed by atoms with Crippen molar-refractivity contribution >= 4 is 38.2 Å².